The number of aliphatic hydroxyl groups excluding tert-OH is 1. The lowest BCUT2D eigenvalue weighted by atomic mass is 10.0. The Morgan fingerprint density at radius 2 is 0.469 bits per heavy atom. The molecular weight excluding hydrogens is 1280 g/mol. The Morgan fingerprint density at radius 3 is 0.694 bits per heavy atom. The van der Waals surface area contributed by atoms with E-state index >= 15 is 0 Å². The first-order valence-electron chi connectivity index (χ1n) is 41.0. The third-order valence-corrected chi connectivity index (χ3v) is 20.4. The van der Waals surface area contributed by atoms with Crippen LogP contribution in [0.4, 0.5) is 0 Å². The number of hydrogen-bond acceptors (Lipinski definition) is 15. The molecule has 0 amide bonds. The van der Waals surface area contributed by atoms with Gasteiger partial charge in [0.05, 0.1) is 26.4 Å². The van der Waals surface area contributed by atoms with Crippen LogP contribution in [-0.2, 0) is 65.4 Å². The summed E-state index contributed by atoms with van der Waals surface area (Å²) in [6, 6.07) is 0. The molecule has 98 heavy (non-hydrogen) atoms. The van der Waals surface area contributed by atoms with Crippen molar-refractivity contribution in [3.05, 3.63) is 0 Å². The van der Waals surface area contributed by atoms with Crippen LogP contribution in [0.3, 0.4) is 0 Å². The Kier molecular flexibility index (Phi) is 69.3. The zero-order chi connectivity index (χ0) is 72.1. The van der Waals surface area contributed by atoms with Gasteiger partial charge in [0.2, 0.25) is 0 Å². The fourth-order valence-corrected chi connectivity index (χ4v) is 13.8. The van der Waals surface area contributed by atoms with E-state index in [-0.39, 0.29) is 25.7 Å². The predicted octanol–water partition coefficient (Wildman–Crippen LogP) is 23.5. The number of unbranched alkanes of at least 4 members (excludes halogenated alkanes) is 48. The van der Waals surface area contributed by atoms with Gasteiger partial charge in [0, 0.05) is 25.7 Å². The van der Waals surface area contributed by atoms with Crippen LogP contribution in [0.1, 0.15) is 414 Å². The average molecular weight is 1440 g/mol. The first-order valence-corrected chi connectivity index (χ1v) is 44.0. The average Bonchev–Trinajstić information content (AvgIpc) is 1.43. The smallest absolute Gasteiger partial charge is 0.462 e. The van der Waals surface area contributed by atoms with Crippen LogP contribution < -0.4 is 0 Å². The van der Waals surface area contributed by atoms with Crippen molar-refractivity contribution in [2.45, 2.75) is 432 Å². The number of ether oxygens (including phenoxy) is 4. The van der Waals surface area contributed by atoms with Gasteiger partial charge in [-0.15, -0.1) is 0 Å². The molecule has 0 aromatic carbocycles. The Balaban J connectivity index is 5.23. The molecule has 0 rings (SSSR count). The van der Waals surface area contributed by atoms with Gasteiger partial charge in [-0.2, -0.15) is 0 Å². The number of carbonyl (C=O) groups is 4. The molecule has 0 heterocycles. The minimum Gasteiger partial charge on any atom is -0.462 e. The van der Waals surface area contributed by atoms with Gasteiger partial charge in [0.25, 0.3) is 0 Å². The van der Waals surface area contributed by atoms with Crippen LogP contribution in [0.2, 0.25) is 0 Å². The van der Waals surface area contributed by atoms with Gasteiger partial charge >= 0.3 is 39.5 Å². The molecule has 0 radical (unpaired) electrons. The zero-order valence-electron chi connectivity index (χ0n) is 64.1. The molecule has 0 aromatic heterocycles. The van der Waals surface area contributed by atoms with Gasteiger partial charge < -0.3 is 33.8 Å². The normalized spacial score (nSPS) is 13.9. The third-order valence-electron chi connectivity index (χ3n) is 18.5. The van der Waals surface area contributed by atoms with E-state index in [1.165, 1.54) is 225 Å². The van der Waals surface area contributed by atoms with Crippen LogP contribution in [0, 0.1) is 11.8 Å². The molecule has 0 bridgehead atoms. The molecule has 0 saturated heterocycles. The van der Waals surface area contributed by atoms with Gasteiger partial charge in [-0.3, -0.25) is 37.3 Å². The van der Waals surface area contributed by atoms with E-state index in [4.69, 9.17) is 37.0 Å². The van der Waals surface area contributed by atoms with Crippen molar-refractivity contribution in [2.24, 2.45) is 11.8 Å². The molecule has 2 unspecified atom stereocenters. The van der Waals surface area contributed by atoms with Crippen molar-refractivity contribution in [3.63, 3.8) is 0 Å². The molecule has 0 spiro atoms. The number of phosphoric acid groups is 2. The number of esters is 4. The highest BCUT2D eigenvalue weighted by Gasteiger charge is 2.30. The molecule has 0 aliphatic rings. The van der Waals surface area contributed by atoms with Gasteiger partial charge in [0.1, 0.15) is 19.3 Å². The fraction of sp³-hybridized carbons (Fsp3) is 0.949. The van der Waals surface area contributed by atoms with E-state index in [1.807, 2.05) is 0 Å². The predicted molar refractivity (Wildman–Crippen MR) is 400 cm³/mol. The summed E-state index contributed by atoms with van der Waals surface area (Å²) in [6.45, 7) is 9.57. The summed E-state index contributed by atoms with van der Waals surface area (Å²) in [6.07, 6.45) is 59.8. The number of phosphoric ester groups is 2. The zero-order valence-corrected chi connectivity index (χ0v) is 65.9. The molecule has 582 valence electrons. The lowest BCUT2D eigenvalue weighted by Crippen LogP contribution is -2.30. The van der Waals surface area contributed by atoms with Crippen molar-refractivity contribution in [2.75, 3.05) is 39.6 Å². The van der Waals surface area contributed by atoms with E-state index < -0.39 is 97.5 Å². The highest BCUT2D eigenvalue weighted by Crippen LogP contribution is 2.45. The van der Waals surface area contributed by atoms with Crippen LogP contribution in [0.5, 0.6) is 0 Å². The molecule has 0 aliphatic heterocycles. The maximum atomic E-state index is 13.1. The first kappa shape index (κ1) is 96.1. The molecule has 0 fully saturated rings. The number of aliphatic hydroxyl groups is 1. The maximum absolute atomic E-state index is 13.1. The van der Waals surface area contributed by atoms with E-state index in [0.29, 0.717) is 31.6 Å². The van der Waals surface area contributed by atoms with Crippen molar-refractivity contribution in [1.29, 1.82) is 0 Å². The quantitative estimate of drug-likeness (QED) is 0.0222. The van der Waals surface area contributed by atoms with Crippen LogP contribution >= 0.6 is 15.6 Å². The summed E-state index contributed by atoms with van der Waals surface area (Å²) in [5.74, 6) is -0.633. The summed E-state index contributed by atoms with van der Waals surface area (Å²) < 4.78 is 68.6. The molecule has 0 aliphatic carbocycles. The van der Waals surface area contributed by atoms with E-state index in [2.05, 4.69) is 41.5 Å². The van der Waals surface area contributed by atoms with Gasteiger partial charge in [-0.1, -0.05) is 363 Å². The van der Waals surface area contributed by atoms with Crippen molar-refractivity contribution in [1.82, 2.24) is 0 Å². The van der Waals surface area contributed by atoms with Gasteiger partial charge in [-0.05, 0) is 37.5 Å². The fourth-order valence-electron chi connectivity index (χ4n) is 12.2. The van der Waals surface area contributed by atoms with Gasteiger partial charge in [0.15, 0.2) is 12.2 Å². The molecule has 5 atom stereocenters. The summed E-state index contributed by atoms with van der Waals surface area (Å²) in [4.78, 5) is 72.9. The minimum absolute atomic E-state index is 0.107. The second-order valence-corrected chi connectivity index (χ2v) is 32.3. The Labute approximate surface area is 600 Å². The summed E-state index contributed by atoms with van der Waals surface area (Å²) in [5, 5.41) is 10.6. The second-order valence-electron chi connectivity index (χ2n) is 29.4. The molecule has 3 N–H and O–H groups in total. The Bertz CT molecular complexity index is 1890. The standard InChI is InChI=1S/C79H154O17P2/c1-7-9-11-13-15-17-19-21-23-24-25-26-32-36-40-44-52-58-64-78(83)95-74(67-89-76(81)61-55-49-42-38-34-31-28-27-29-33-37-41-47-53-59-71(3)4)69-93-97(85,86)91-65-73(80)66-92-98(87,88)94-70-75(68-90-77(82)62-56-50-46-45-48-54-60-72(5)6)96-79(84)63-57-51-43-39-35-30-22-20-18-16-14-12-10-8-2/h71-75,80H,7-70H2,1-6H3,(H,85,86)(H,87,88)/t73-,74-,75-/m1/s1. The summed E-state index contributed by atoms with van der Waals surface area (Å²) in [5.41, 5.74) is 0. The van der Waals surface area contributed by atoms with Crippen LogP contribution in [0.25, 0.3) is 0 Å². The monoisotopic (exact) mass is 1440 g/mol. The van der Waals surface area contributed by atoms with E-state index in [0.717, 1.165) is 102 Å². The Hall–Kier alpha value is -1.94. The number of carbonyl (C=O) groups excluding carboxylic acids is 4. The number of rotatable bonds is 78. The molecule has 0 saturated carbocycles. The van der Waals surface area contributed by atoms with E-state index in [9.17, 15) is 43.2 Å². The van der Waals surface area contributed by atoms with Crippen LogP contribution in [0.15, 0.2) is 0 Å². The summed E-state index contributed by atoms with van der Waals surface area (Å²) >= 11 is 0. The van der Waals surface area contributed by atoms with Crippen molar-refractivity contribution < 1.29 is 80.2 Å². The minimum atomic E-state index is -4.96. The molecule has 19 heteroatoms. The first-order chi connectivity index (χ1) is 47.4. The SMILES string of the molecule is CCCCCCCCCCCCCCCCCCCCC(=O)O[C@H](COC(=O)CCCCCCCCCCCCCCCCC(C)C)COP(=O)(O)OC[C@@H](O)COP(=O)(O)OC[C@@H](COC(=O)CCCCCCCCC(C)C)OC(=O)CCCCCCCCCCCCCCCC. The Morgan fingerprint density at radius 1 is 0.276 bits per heavy atom. The van der Waals surface area contributed by atoms with E-state index in [1.54, 1.807) is 0 Å². The topological polar surface area (TPSA) is 237 Å². The maximum Gasteiger partial charge on any atom is 0.472 e. The lowest BCUT2D eigenvalue weighted by molar-refractivity contribution is -0.161. The van der Waals surface area contributed by atoms with Crippen molar-refractivity contribution >= 4 is 39.5 Å². The lowest BCUT2D eigenvalue weighted by Gasteiger charge is -2.21. The second kappa shape index (κ2) is 70.7. The molecule has 0 aromatic rings. The van der Waals surface area contributed by atoms with Crippen molar-refractivity contribution in [3.8, 4) is 0 Å². The largest absolute Gasteiger partial charge is 0.472 e. The molecule has 17 nitrogen and oxygen atoms in total. The summed E-state index contributed by atoms with van der Waals surface area (Å²) in [7, 11) is -9.92. The third kappa shape index (κ3) is 72.4. The highest BCUT2D eigenvalue weighted by atomic mass is 31.2. The van der Waals surface area contributed by atoms with Gasteiger partial charge in [-0.25, -0.2) is 9.13 Å². The van der Waals surface area contributed by atoms with Crippen LogP contribution in [-0.4, -0.2) is 96.7 Å². The molecular formula is C79H154O17P2. The highest BCUT2D eigenvalue weighted by molar-refractivity contribution is 7.47. The number of hydrogen-bond donors (Lipinski definition) is 3.